The number of carbonyl (C=O) groups is 1. The molecule has 0 N–H and O–H groups in total. The highest BCUT2D eigenvalue weighted by atomic mass is 16.2. The minimum absolute atomic E-state index is 0.0732. The summed E-state index contributed by atoms with van der Waals surface area (Å²) in [6.07, 6.45) is 1.48. The normalized spacial score (nSPS) is 15.8. The molecule has 1 aliphatic rings. The van der Waals surface area contributed by atoms with E-state index in [4.69, 9.17) is 0 Å². The van der Waals surface area contributed by atoms with Crippen molar-refractivity contribution in [2.45, 2.75) is 19.5 Å². The van der Waals surface area contributed by atoms with Crippen LogP contribution < -0.4 is 5.69 Å². The molecule has 5 heteroatoms. The zero-order chi connectivity index (χ0) is 12.7. The molecule has 1 fully saturated rings. The summed E-state index contributed by atoms with van der Waals surface area (Å²) in [5, 5.41) is 0. The fourth-order valence-corrected chi connectivity index (χ4v) is 2.52. The topological polar surface area (TPSA) is 47.2 Å². The molecule has 0 unspecified atom stereocenters. The molecule has 0 spiro atoms. The summed E-state index contributed by atoms with van der Waals surface area (Å²) in [7, 11) is 1.76. The van der Waals surface area contributed by atoms with Crippen LogP contribution >= 0.6 is 0 Å². The van der Waals surface area contributed by atoms with Gasteiger partial charge in [0, 0.05) is 20.0 Å². The molecule has 1 aliphatic heterocycles. The molecule has 18 heavy (non-hydrogen) atoms. The maximum absolute atomic E-state index is 12.2. The second-order valence-electron chi connectivity index (χ2n) is 4.66. The Bertz CT molecular complexity index is 668. The minimum atomic E-state index is -0.0732. The number of nitrogens with zero attached hydrogens (tertiary/aromatic N) is 3. The van der Waals surface area contributed by atoms with Crippen molar-refractivity contribution in [1.82, 2.24) is 14.0 Å². The van der Waals surface area contributed by atoms with Crippen molar-refractivity contribution < 1.29 is 4.79 Å². The molecular formula is C13H15N3O2. The van der Waals surface area contributed by atoms with Crippen molar-refractivity contribution in [2.24, 2.45) is 7.05 Å². The molecule has 0 aliphatic carbocycles. The zero-order valence-corrected chi connectivity index (χ0v) is 10.3. The maximum atomic E-state index is 12.2. The van der Waals surface area contributed by atoms with Gasteiger partial charge in [-0.1, -0.05) is 12.1 Å². The first kappa shape index (κ1) is 11.1. The quantitative estimate of drug-likeness (QED) is 0.790. The molecule has 0 bridgehead atoms. The summed E-state index contributed by atoms with van der Waals surface area (Å²) >= 11 is 0. The van der Waals surface area contributed by atoms with Crippen LogP contribution in [0, 0.1) is 0 Å². The highest BCUT2D eigenvalue weighted by molar-refractivity contribution is 5.78. The zero-order valence-electron chi connectivity index (χ0n) is 10.3. The number of hydrogen-bond acceptors (Lipinski definition) is 2. The number of imidazole rings is 1. The molecule has 1 aromatic heterocycles. The van der Waals surface area contributed by atoms with Crippen molar-refractivity contribution in [1.29, 1.82) is 0 Å². The summed E-state index contributed by atoms with van der Waals surface area (Å²) < 4.78 is 3.29. The summed E-state index contributed by atoms with van der Waals surface area (Å²) in [6.45, 7) is 1.10. The average molecular weight is 245 g/mol. The van der Waals surface area contributed by atoms with Gasteiger partial charge in [-0.25, -0.2) is 4.79 Å². The van der Waals surface area contributed by atoms with Gasteiger partial charge in [-0.05, 0) is 18.6 Å². The van der Waals surface area contributed by atoms with Gasteiger partial charge in [0.05, 0.1) is 11.0 Å². The number of carbonyl (C=O) groups excluding carboxylic acids is 1. The minimum Gasteiger partial charge on any atom is -0.324 e. The van der Waals surface area contributed by atoms with Crippen LogP contribution in [-0.2, 0) is 18.5 Å². The fraction of sp³-hybridized carbons (Fsp3) is 0.385. The van der Waals surface area contributed by atoms with Crippen LogP contribution in [0.5, 0.6) is 0 Å². The van der Waals surface area contributed by atoms with Gasteiger partial charge in [0.25, 0.3) is 0 Å². The van der Waals surface area contributed by atoms with E-state index in [1.54, 1.807) is 21.1 Å². The number of aromatic nitrogens is 2. The molecule has 1 saturated heterocycles. The summed E-state index contributed by atoms with van der Waals surface area (Å²) in [5.74, 6) is 0.134. The van der Waals surface area contributed by atoms with Crippen molar-refractivity contribution >= 4 is 16.9 Å². The molecule has 1 aromatic carbocycles. The van der Waals surface area contributed by atoms with E-state index in [-0.39, 0.29) is 11.6 Å². The Morgan fingerprint density at radius 1 is 1.17 bits per heavy atom. The van der Waals surface area contributed by atoms with E-state index in [2.05, 4.69) is 0 Å². The molecule has 0 saturated carbocycles. The van der Waals surface area contributed by atoms with Gasteiger partial charge in [-0.3, -0.25) is 13.9 Å². The van der Waals surface area contributed by atoms with E-state index in [9.17, 15) is 9.59 Å². The third kappa shape index (κ3) is 1.54. The molecule has 3 rings (SSSR count). The largest absolute Gasteiger partial charge is 0.330 e. The van der Waals surface area contributed by atoms with Gasteiger partial charge in [0.2, 0.25) is 5.91 Å². The monoisotopic (exact) mass is 245 g/mol. The number of likely N-dealkylation sites (tertiary alicyclic amines) is 1. The van der Waals surface area contributed by atoms with Crippen LogP contribution in [0.4, 0.5) is 0 Å². The molecule has 0 atom stereocenters. The van der Waals surface area contributed by atoms with Gasteiger partial charge in [0.1, 0.15) is 6.67 Å². The Morgan fingerprint density at radius 2 is 1.89 bits per heavy atom. The predicted molar refractivity (Wildman–Crippen MR) is 68.1 cm³/mol. The van der Waals surface area contributed by atoms with Crippen LogP contribution in [0.2, 0.25) is 0 Å². The smallest absolute Gasteiger partial charge is 0.324 e. The summed E-state index contributed by atoms with van der Waals surface area (Å²) in [4.78, 5) is 25.6. The molecule has 2 aromatic rings. The number of para-hydroxylation sites is 2. The van der Waals surface area contributed by atoms with Crippen molar-refractivity contribution in [3.8, 4) is 0 Å². The SMILES string of the molecule is Cn1c(=O)n(CN2CCCC2=O)c2ccccc21. The predicted octanol–water partition coefficient (Wildman–Crippen LogP) is 0.920. The first-order valence-electron chi connectivity index (χ1n) is 6.10. The lowest BCUT2D eigenvalue weighted by molar-refractivity contribution is -0.129. The number of amides is 1. The fourth-order valence-electron chi connectivity index (χ4n) is 2.52. The maximum Gasteiger partial charge on any atom is 0.330 e. The molecule has 1 amide bonds. The second-order valence-corrected chi connectivity index (χ2v) is 4.66. The van der Waals surface area contributed by atoms with E-state index >= 15 is 0 Å². The Kier molecular flexibility index (Phi) is 2.47. The van der Waals surface area contributed by atoms with Crippen LogP contribution in [0.1, 0.15) is 12.8 Å². The number of fused-ring (bicyclic) bond motifs is 1. The van der Waals surface area contributed by atoms with Crippen LogP contribution in [0.3, 0.4) is 0 Å². The number of aryl methyl sites for hydroxylation is 1. The lowest BCUT2D eigenvalue weighted by Gasteiger charge is -2.15. The molecule has 0 radical (unpaired) electrons. The standard InChI is InChI=1S/C13H15N3O2/c1-14-10-5-2-3-6-11(10)16(13(14)18)9-15-8-4-7-12(15)17/h2-3,5-6H,4,7-9H2,1H3. The van der Waals surface area contributed by atoms with Crippen molar-refractivity contribution in [3.05, 3.63) is 34.7 Å². The van der Waals surface area contributed by atoms with E-state index < -0.39 is 0 Å². The third-order valence-corrected chi connectivity index (χ3v) is 3.54. The van der Waals surface area contributed by atoms with E-state index in [0.717, 1.165) is 24.0 Å². The highest BCUT2D eigenvalue weighted by Crippen LogP contribution is 2.15. The van der Waals surface area contributed by atoms with Crippen molar-refractivity contribution in [3.63, 3.8) is 0 Å². The molecule has 5 nitrogen and oxygen atoms in total. The Hall–Kier alpha value is -2.04. The number of benzene rings is 1. The first-order chi connectivity index (χ1) is 8.68. The van der Waals surface area contributed by atoms with E-state index in [0.29, 0.717) is 13.1 Å². The Balaban J connectivity index is 2.09. The lowest BCUT2D eigenvalue weighted by atomic mass is 10.3. The lowest BCUT2D eigenvalue weighted by Crippen LogP contribution is -2.33. The van der Waals surface area contributed by atoms with Gasteiger partial charge < -0.3 is 4.90 Å². The first-order valence-corrected chi connectivity index (χ1v) is 6.10. The highest BCUT2D eigenvalue weighted by Gasteiger charge is 2.22. The Labute approximate surface area is 104 Å². The summed E-state index contributed by atoms with van der Waals surface area (Å²) in [5.41, 5.74) is 1.70. The average Bonchev–Trinajstić information content (AvgIpc) is 2.88. The van der Waals surface area contributed by atoms with Gasteiger partial charge in [0.15, 0.2) is 0 Å². The van der Waals surface area contributed by atoms with Crippen LogP contribution in [0.25, 0.3) is 11.0 Å². The van der Waals surface area contributed by atoms with Crippen LogP contribution in [0.15, 0.2) is 29.1 Å². The molecular weight excluding hydrogens is 230 g/mol. The van der Waals surface area contributed by atoms with Crippen LogP contribution in [-0.4, -0.2) is 26.5 Å². The number of rotatable bonds is 2. The molecule has 94 valence electrons. The van der Waals surface area contributed by atoms with E-state index in [1.807, 2.05) is 24.3 Å². The molecule has 2 heterocycles. The second kappa shape index (κ2) is 4.01. The third-order valence-electron chi connectivity index (χ3n) is 3.54. The summed E-state index contributed by atoms with van der Waals surface area (Å²) in [6, 6.07) is 7.65. The van der Waals surface area contributed by atoms with Gasteiger partial charge in [-0.2, -0.15) is 0 Å². The van der Waals surface area contributed by atoms with E-state index in [1.165, 1.54) is 0 Å². The Morgan fingerprint density at radius 3 is 2.56 bits per heavy atom. The number of hydrogen-bond donors (Lipinski definition) is 0. The van der Waals surface area contributed by atoms with Gasteiger partial charge in [-0.15, -0.1) is 0 Å². The van der Waals surface area contributed by atoms with Crippen molar-refractivity contribution in [2.75, 3.05) is 6.54 Å². The van der Waals surface area contributed by atoms with Gasteiger partial charge >= 0.3 is 5.69 Å².